The van der Waals surface area contributed by atoms with Crippen LogP contribution in [0.5, 0.6) is 5.75 Å². The molecule has 0 aromatic heterocycles. The average molecular weight is 439 g/mol. The molecule has 0 unspecified atom stereocenters. The van der Waals surface area contributed by atoms with Gasteiger partial charge in [-0.2, -0.15) is 0 Å². The van der Waals surface area contributed by atoms with Gasteiger partial charge in [0.15, 0.2) is 0 Å². The second kappa shape index (κ2) is 9.50. The number of aryl methyl sites for hydroxylation is 2. The maximum absolute atomic E-state index is 12.8. The number of nitrogens with zero attached hydrogens (tertiary/aromatic N) is 1. The molecule has 2 aromatic rings. The van der Waals surface area contributed by atoms with E-state index in [0.717, 1.165) is 27.3 Å². The van der Waals surface area contributed by atoms with Crippen molar-refractivity contribution in [2.24, 2.45) is 0 Å². The SMILES string of the molecule is CC[C@H](NC(=O)CN(c1cc(Cl)ccc1OC)S(C)(=O)=O)c1ccc(C)cc1C. The second-order valence-electron chi connectivity index (χ2n) is 6.97. The van der Waals surface area contributed by atoms with Crippen molar-refractivity contribution >= 4 is 33.2 Å². The Hall–Kier alpha value is -2.25. The minimum absolute atomic E-state index is 0.217. The molecule has 6 nitrogen and oxygen atoms in total. The molecule has 0 bridgehead atoms. The molecule has 0 spiro atoms. The molecule has 0 aliphatic rings. The first-order valence-corrected chi connectivity index (χ1v) is 11.5. The summed E-state index contributed by atoms with van der Waals surface area (Å²) in [4.78, 5) is 12.8. The van der Waals surface area contributed by atoms with Gasteiger partial charge in [0.2, 0.25) is 15.9 Å². The van der Waals surface area contributed by atoms with E-state index in [1.165, 1.54) is 13.2 Å². The minimum atomic E-state index is -3.75. The highest BCUT2D eigenvalue weighted by Gasteiger charge is 2.25. The van der Waals surface area contributed by atoms with Gasteiger partial charge in [0.25, 0.3) is 0 Å². The van der Waals surface area contributed by atoms with Crippen LogP contribution in [0.2, 0.25) is 5.02 Å². The van der Waals surface area contributed by atoms with Crippen molar-refractivity contribution in [3.63, 3.8) is 0 Å². The maximum Gasteiger partial charge on any atom is 0.241 e. The minimum Gasteiger partial charge on any atom is -0.495 e. The fourth-order valence-electron chi connectivity index (χ4n) is 3.23. The van der Waals surface area contributed by atoms with E-state index in [1.807, 2.05) is 32.9 Å². The molecule has 2 aromatic carbocycles. The standard InChI is InChI=1S/C21H27ClN2O4S/c1-6-18(17-9-7-14(2)11-15(17)3)23-21(25)13-24(29(5,26)27)19-12-16(22)8-10-20(19)28-4/h7-12,18H,6,13H2,1-5H3,(H,23,25)/t18-/m0/s1. The summed E-state index contributed by atoms with van der Waals surface area (Å²) >= 11 is 6.04. The molecule has 0 heterocycles. The Morgan fingerprint density at radius 1 is 1.21 bits per heavy atom. The highest BCUT2D eigenvalue weighted by molar-refractivity contribution is 7.92. The summed E-state index contributed by atoms with van der Waals surface area (Å²) in [6.45, 7) is 5.60. The third-order valence-corrected chi connectivity index (χ3v) is 6.00. The van der Waals surface area contributed by atoms with Crippen molar-refractivity contribution < 1.29 is 17.9 Å². The third-order valence-electron chi connectivity index (χ3n) is 4.64. The van der Waals surface area contributed by atoms with Crippen molar-refractivity contribution in [1.29, 1.82) is 0 Å². The Kier molecular flexibility index (Phi) is 7.54. The van der Waals surface area contributed by atoms with Crippen molar-refractivity contribution in [3.05, 3.63) is 58.1 Å². The van der Waals surface area contributed by atoms with E-state index in [9.17, 15) is 13.2 Å². The van der Waals surface area contributed by atoms with Gasteiger partial charge in [-0.3, -0.25) is 9.10 Å². The summed E-state index contributed by atoms with van der Waals surface area (Å²) in [6, 6.07) is 10.5. The highest BCUT2D eigenvalue weighted by Crippen LogP contribution is 2.32. The Morgan fingerprint density at radius 2 is 1.90 bits per heavy atom. The molecule has 2 rings (SSSR count). The summed E-state index contributed by atoms with van der Waals surface area (Å²) in [5.74, 6) is -0.0988. The predicted molar refractivity (Wildman–Crippen MR) is 117 cm³/mol. The number of amides is 1. The summed E-state index contributed by atoms with van der Waals surface area (Å²) in [5.41, 5.74) is 3.45. The largest absolute Gasteiger partial charge is 0.495 e. The zero-order valence-electron chi connectivity index (χ0n) is 17.3. The van der Waals surface area contributed by atoms with Crippen molar-refractivity contribution in [3.8, 4) is 5.75 Å². The quantitative estimate of drug-likeness (QED) is 0.675. The van der Waals surface area contributed by atoms with Gasteiger partial charge in [-0.1, -0.05) is 42.3 Å². The van der Waals surface area contributed by atoms with Crippen LogP contribution in [0.25, 0.3) is 0 Å². The number of ether oxygens (including phenoxy) is 1. The van der Waals surface area contributed by atoms with Crippen LogP contribution >= 0.6 is 11.6 Å². The summed E-state index contributed by atoms with van der Waals surface area (Å²) in [7, 11) is -2.32. The Balaban J connectivity index is 2.30. The summed E-state index contributed by atoms with van der Waals surface area (Å²) < 4.78 is 31.1. The zero-order valence-corrected chi connectivity index (χ0v) is 18.9. The van der Waals surface area contributed by atoms with Crippen LogP contribution in [0.4, 0.5) is 5.69 Å². The predicted octanol–water partition coefficient (Wildman–Crippen LogP) is 4.00. The van der Waals surface area contributed by atoms with E-state index in [0.29, 0.717) is 17.2 Å². The van der Waals surface area contributed by atoms with Crippen molar-refractivity contribution in [2.45, 2.75) is 33.2 Å². The number of anilines is 1. The lowest BCUT2D eigenvalue weighted by atomic mass is 9.97. The van der Waals surface area contributed by atoms with Gasteiger partial charge < -0.3 is 10.1 Å². The number of nitrogens with one attached hydrogen (secondary N) is 1. The van der Waals surface area contributed by atoms with E-state index >= 15 is 0 Å². The number of rotatable bonds is 8. The van der Waals surface area contributed by atoms with Gasteiger partial charge >= 0.3 is 0 Å². The Morgan fingerprint density at radius 3 is 2.45 bits per heavy atom. The lowest BCUT2D eigenvalue weighted by Gasteiger charge is -2.26. The normalized spacial score (nSPS) is 12.3. The molecule has 0 saturated carbocycles. The Labute approximate surface area is 177 Å². The molecule has 29 heavy (non-hydrogen) atoms. The van der Waals surface area contributed by atoms with Gasteiger partial charge in [0, 0.05) is 5.02 Å². The molecule has 0 aliphatic heterocycles. The van der Waals surface area contributed by atoms with Gasteiger partial charge in [-0.25, -0.2) is 8.42 Å². The maximum atomic E-state index is 12.8. The van der Waals surface area contributed by atoms with Crippen LogP contribution in [0.3, 0.4) is 0 Å². The molecule has 1 N–H and O–H groups in total. The molecule has 8 heteroatoms. The van der Waals surface area contributed by atoms with Crippen LogP contribution in [0.1, 0.15) is 36.1 Å². The third kappa shape index (κ3) is 5.87. The van der Waals surface area contributed by atoms with Gasteiger partial charge in [-0.05, 0) is 49.6 Å². The number of carbonyl (C=O) groups excluding carboxylic acids is 1. The van der Waals surface area contributed by atoms with Gasteiger partial charge in [0.1, 0.15) is 12.3 Å². The van der Waals surface area contributed by atoms with Crippen LogP contribution in [0.15, 0.2) is 36.4 Å². The van der Waals surface area contributed by atoms with Crippen LogP contribution in [-0.2, 0) is 14.8 Å². The number of hydrogen-bond acceptors (Lipinski definition) is 4. The van der Waals surface area contributed by atoms with Crippen LogP contribution in [0, 0.1) is 13.8 Å². The molecular weight excluding hydrogens is 412 g/mol. The molecule has 0 aliphatic carbocycles. The molecule has 1 atom stereocenters. The number of sulfonamides is 1. The highest BCUT2D eigenvalue weighted by atomic mass is 35.5. The van der Waals surface area contributed by atoms with E-state index < -0.39 is 15.9 Å². The van der Waals surface area contributed by atoms with Crippen LogP contribution < -0.4 is 14.4 Å². The summed E-state index contributed by atoms with van der Waals surface area (Å²) in [6.07, 6.45) is 1.72. The van der Waals surface area contributed by atoms with E-state index in [1.54, 1.807) is 12.1 Å². The van der Waals surface area contributed by atoms with Gasteiger partial charge in [-0.15, -0.1) is 0 Å². The lowest BCUT2D eigenvalue weighted by molar-refractivity contribution is -0.120. The van der Waals surface area contributed by atoms with E-state index in [2.05, 4.69) is 11.4 Å². The molecule has 1 amide bonds. The first-order chi connectivity index (χ1) is 13.6. The molecule has 0 radical (unpaired) electrons. The van der Waals surface area contributed by atoms with E-state index in [4.69, 9.17) is 16.3 Å². The number of carbonyl (C=O) groups is 1. The molecular formula is C21H27ClN2O4S. The van der Waals surface area contributed by atoms with Crippen molar-refractivity contribution in [2.75, 3.05) is 24.2 Å². The molecule has 0 fully saturated rings. The number of benzene rings is 2. The smallest absolute Gasteiger partial charge is 0.241 e. The summed E-state index contributed by atoms with van der Waals surface area (Å²) in [5, 5.41) is 3.29. The molecule has 158 valence electrons. The monoisotopic (exact) mass is 438 g/mol. The molecule has 0 saturated heterocycles. The number of hydrogen-bond donors (Lipinski definition) is 1. The first kappa shape index (κ1) is 23.0. The average Bonchev–Trinajstić information content (AvgIpc) is 2.63. The zero-order chi connectivity index (χ0) is 21.8. The van der Waals surface area contributed by atoms with Gasteiger partial charge in [0.05, 0.1) is 25.1 Å². The number of halogens is 1. The lowest BCUT2D eigenvalue weighted by Crippen LogP contribution is -2.41. The fraction of sp³-hybridized carbons (Fsp3) is 0.381. The number of methoxy groups -OCH3 is 1. The van der Waals surface area contributed by atoms with Crippen molar-refractivity contribution in [1.82, 2.24) is 5.32 Å². The van der Waals surface area contributed by atoms with Crippen LogP contribution in [-0.4, -0.2) is 34.2 Å². The topological polar surface area (TPSA) is 75.7 Å². The second-order valence-corrected chi connectivity index (χ2v) is 9.32. The Bertz CT molecular complexity index is 992. The first-order valence-electron chi connectivity index (χ1n) is 9.24. The fourth-order valence-corrected chi connectivity index (χ4v) is 4.24. The van der Waals surface area contributed by atoms with E-state index in [-0.39, 0.29) is 18.3 Å².